The van der Waals surface area contributed by atoms with Gasteiger partial charge in [-0.15, -0.1) is 0 Å². The second kappa shape index (κ2) is 5.06. The van der Waals surface area contributed by atoms with Crippen molar-refractivity contribution in [2.24, 2.45) is 0 Å². The lowest BCUT2D eigenvalue weighted by molar-refractivity contribution is -0.133. The Morgan fingerprint density at radius 3 is 1.88 bits per heavy atom. The average Bonchev–Trinajstić information content (AvgIpc) is 2.20. The Bertz CT molecular complexity index is 441. The van der Waals surface area contributed by atoms with Crippen LogP contribution in [0.4, 0.5) is 11.4 Å². The molecule has 1 rings (SSSR count). The van der Waals surface area contributed by atoms with E-state index < -0.39 is 11.7 Å². The van der Waals surface area contributed by atoms with Crippen LogP contribution >= 0.6 is 0 Å². The second-order valence-electron chi connectivity index (χ2n) is 3.24. The first-order valence-electron chi connectivity index (χ1n) is 4.69. The lowest BCUT2D eigenvalue weighted by Gasteiger charge is -2.09. The Hall–Kier alpha value is -2.17. The van der Waals surface area contributed by atoms with Crippen LogP contribution in [-0.4, -0.2) is 17.6 Å². The first kappa shape index (κ1) is 11.9. The lowest BCUT2D eigenvalue weighted by atomic mass is 10.2. The molecular weight excluding hydrogens is 208 g/mol. The highest BCUT2D eigenvalue weighted by molar-refractivity contribution is 6.40. The third-order valence-corrected chi connectivity index (χ3v) is 1.81. The van der Waals surface area contributed by atoms with Crippen molar-refractivity contribution in [1.82, 2.24) is 0 Å². The minimum absolute atomic E-state index is 0.246. The highest BCUT2D eigenvalue weighted by Crippen LogP contribution is 2.20. The molecule has 2 N–H and O–H groups in total. The van der Waals surface area contributed by atoms with E-state index in [9.17, 15) is 14.4 Å². The molecule has 0 aromatic heterocycles. The van der Waals surface area contributed by atoms with Crippen molar-refractivity contribution in [2.75, 3.05) is 10.6 Å². The van der Waals surface area contributed by atoms with Gasteiger partial charge in [-0.05, 0) is 12.1 Å². The summed E-state index contributed by atoms with van der Waals surface area (Å²) in [7, 11) is 0. The first-order valence-corrected chi connectivity index (χ1v) is 4.69. The standard InChI is InChI=1S/C11H12N2O3/c1-7(14)11(16)13-10-6-4-3-5-9(10)12-8(2)15/h3-6H,1-2H3,(H,12,15)(H,13,16). The molecule has 0 bridgehead atoms. The fourth-order valence-electron chi connectivity index (χ4n) is 1.10. The van der Waals surface area contributed by atoms with E-state index in [0.29, 0.717) is 11.4 Å². The normalized spacial score (nSPS) is 9.38. The van der Waals surface area contributed by atoms with Gasteiger partial charge < -0.3 is 10.6 Å². The molecule has 84 valence electrons. The number of Topliss-reactive ketones (excluding diaryl/α,β-unsaturated/α-hetero) is 1. The Kier molecular flexibility index (Phi) is 3.77. The van der Waals surface area contributed by atoms with Gasteiger partial charge in [-0.1, -0.05) is 12.1 Å². The van der Waals surface area contributed by atoms with Crippen LogP contribution in [0.25, 0.3) is 0 Å². The van der Waals surface area contributed by atoms with E-state index in [0.717, 1.165) is 0 Å². The maximum atomic E-state index is 11.2. The zero-order chi connectivity index (χ0) is 12.1. The van der Waals surface area contributed by atoms with Crippen molar-refractivity contribution in [2.45, 2.75) is 13.8 Å². The number of carbonyl (C=O) groups is 3. The fourth-order valence-corrected chi connectivity index (χ4v) is 1.10. The molecule has 0 aliphatic rings. The van der Waals surface area contributed by atoms with Gasteiger partial charge in [0.15, 0.2) is 0 Å². The summed E-state index contributed by atoms with van der Waals surface area (Å²) in [6, 6.07) is 6.65. The molecule has 0 heterocycles. The van der Waals surface area contributed by atoms with Gasteiger partial charge in [-0.3, -0.25) is 14.4 Å². The molecule has 0 saturated carbocycles. The number of anilines is 2. The van der Waals surface area contributed by atoms with E-state index in [1.165, 1.54) is 13.8 Å². The number of nitrogens with one attached hydrogen (secondary N) is 2. The largest absolute Gasteiger partial charge is 0.325 e. The Morgan fingerprint density at radius 1 is 0.938 bits per heavy atom. The second-order valence-corrected chi connectivity index (χ2v) is 3.24. The molecule has 16 heavy (non-hydrogen) atoms. The summed E-state index contributed by atoms with van der Waals surface area (Å²) in [5, 5.41) is 4.96. The summed E-state index contributed by atoms with van der Waals surface area (Å²) >= 11 is 0. The van der Waals surface area contributed by atoms with E-state index >= 15 is 0 Å². The third-order valence-electron chi connectivity index (χ3n) is 1.81. The molecule has 0 spiro atoms. The maximum Gasteiger partial charge on any atom is 0.291 e. The third kappa shape index (κ3) is 3.20. The maximum absolute atomic E-state index is 11.2. The predicted octanol–water partition coefficient (Wildman–Crippen LogP) is 1.17. The molecule has 0 aliphatic carbocycles. The molecule has 1 aromatic carbocycles. The number of rotatable bonds is 3. The number of hydrogen-bond acceptors (Lipinski definition) is 3. The van der Waals surface area contributed by atoms with Crippen LogP contribution in [0.5, 0.6) is 0 Å². The van der Waals surface area contributed by atoms with Gasteiger partial charge in [0.1, 0.15) is 0 Å². The summed E-state index contributed by atoms with van der Waals surface area (Å²) in [6.45, 7) is 2.54. The van der Waals surface area contributed by atoms with Crippen molar-refractivity contribution in [3.63, 3.8) is 0 Å². The highest BCUT2D eigenvalue weighted by Gasteiger charge is 2.10. The van der Waals surface area contributed by atoms with Gasteiger partial charge in [0.05, 0.1) is 11.4 Å². The van der Waals surface area contributed by atoms with Crippen LogP contribution < -0.4 is 10.6 Å². The van der Waals surface area contributed by atoms with Crippen LogP contribution in [-0.2, 0) is 14.4 Å². The fraction of sp³-hybridized carbons (Fsp3) is 0.182. The summed E-state index contributed by atoms with van der Waals surface area (Å²) in [4.78, 5) is 32.9. The SMILES string of the molecule is CC(=O)Nc1ccccc1NC(=O)C(C)=O. The monoisotopic (exact) mass is 220 g/mol. The van der Waals surface area contributed by atoms with Gasteiger partial charge in [0.25, 0.3) is 5.91 Å². The smallest absolute Gasteiger partial charge is 0.291 e. The van der Waals surface area contributed by atoms with Gasteiger partial charge in [0, 0.05) is 13.8 Å². The van der Waals surface area contributed by atoms with Crippen molar-refractivity contribution in [3.8, 4) is 0 Å². The zero-order valence-corrected chi connectivity index (χ0v) is 9.03. The molecule has 5 heteroatoms. The molecule has 0 fully saturated rings. The van der Waals surface area contributed by atoms with Gasteiger partial charge in [-0.2, -0.15) is 0 Å². The molecule has 5 nitrogen and oxygen atoms in total. The van der Waals surface area contributed by atoms with E-state index in [1.54, 1.807) is 24.3 Å². The highest BCUT2D eigenvalue weighted by atomic mass is 16.2. The van der Waals surface area contributed by atoms with E-state index in [-0.39, 0.29) is 5.91 Å². The number of carbonyl (C=O) groups excluding carboxylic acids is 3. The Labute approximate surface area is 92.8 Å². The summed E-state index contributed by atoms with van der Waals surface area (Å²) in [5.74, 6) is -1.54. The molecule has 0 unspecified atom stereocenters. The van der Waals surface area contributed by atoms with Gasteiger partial charge in [-0.25, -0.2) is 0 Å². The Morgan fingerprint density at radius 2 is 1.44 bits per heavy atom. The average molecular weight is 220 g/mol. The van der Waals surface area contributed by atoms with Crippen molar-refractivity contribution >= 4 is 29.0 Å². The van der Waals surface area contributed by atoms with Crippen LogP contribution in [0.15, 0.2) is 24.3 Å². The summed E-state index contributed by atoms with van der Waals surface area (Å²) in [6.07, 6.45) is 0. The molecule has 0 radical (unpaired) electrons. The molecule has 2 amide bonds. The Balaban J connectivity index is 2.90. The number of hydrogen-bond donors (Lipinski definition) is 2. The number of para-hydroxylation sites is 2. The van der Waals surface area contributed by atoms with E-state index in [1.807, 2.05) is 0 Å². The molecule has 0 saturated heterocycles. The first-order chi connectivity index (χ1) is 7.50. The van der Waals surface area contributed by atoms with Crippen molar-refractivity contribution in [3.05, 3.63) is 24.3 Å². The molecule has 0 aliphatic heterocycles. The number of amides is 2. The summed E-state index contributed by atoms with van der Waals surface area (Å²) < 4.78 is 0. The van der Waals surface area contributed by atoms with Crippen molar-refractivity contribution in [1.29, 1.82) is 0 Å². The molecule has 1 aromatic rings. The van der Waals surface area contributed by atoms with Gasteiger partial charge >= 0.3 is 0 Å². The number of ketones is 1. The summed E-state index contributed by atoms with van der Waals surface area (Å²) in [5.41, 5.74) is 0.863. The zero-order valence-electron chi connectivity index (χ0n) is 9.03. The van der Waals surface area contributed by atoms with Crippen LogP contribution in [0.1, 0.15) is 13.8 Å². The van der Waals surface area contributed by atoms with E-state index in [4.69, 9.17) is 0 Å². The minimum Gasteiger partial charge on any atom is -0.325 e. The van der Waals surface area contributed by atoms with E-state index in [2.05, 4.69) is 10.6 Å². The quantitative estimate of drug-likeness (QED) is 0.751. The molecule has 0 atom stereocenters. The molecular formula is C11H12N2O3. The van der Waals surface area contributed by atoms with Crippen LogP contribution in [0.3, 0.4) is 0 Å². The van der Waals surface area contributed by atoms with Crippen molar-refractivity contribution < 1.29 is 14.4 Å². The predicted molar refractivity (Wildman–Crippen MR) is 60.1 cm³/mol. The number of benzene rings is 1. The topological polar surface area (TPSA) is 75.3 Å². The van der Waals surface area contributed by atoms with Gasteiger partial charge in [0.2, 0.25) is 11.7 Å². The lowest BCUT2D eigenvalue weighted by Crippen LogP contribution is -2.21. The van der Waals surface area contributed by atoms with Crippen LogP contribution in [0.2, 0.25) is 0 Å². The minimum atomic E-state index is -0.710. The van der Waals surface area contributed by atoms with Crippen LogP contribution in [0, 0.1) is 0 Å².